The lowest BCUT2D eigenvalue weighted by molar-refractivity contribution is 0.0455. The largest absolute Gasteiger partial charge is 0.396 e. The molecule has 3 N–H and O–H groups in total. The number of nitrogens with two attached hydrogens (primary N) is 1. The topological polar surface area (TPSA) is 46.2 Å². The van der Waals surface area contributed by atoms with E-state index >= 15 is 0 Å². The van der Waals surface area contributed by atoms with Crippen molar-refractivity contribution < 1.29 is 5.11 Å². The van der Waals surface area contributed by atoms with Crippen LogP contribution in [0.25, 0.3) is 0 Å². The molecule has 0 radical (unpaired) electrons. The minimum atomic E-state index is 0.263. The molecule has 0 heterocycles. The van der Waals surface area contributed by atoms with Gasteiger partial charge >= 0.3 is 0 Å². The summed E-state index contributed by atoms with van der Waals surface area (Å²) in [5.41, 5.74) is 6.63. The van der Waals surface area contributed by atoms with Crippen molar-refractivity contribution in [2.24, 2.45) is 34.3 Å². The van der Waals surface area contributed by atoms with Crippen molar-refractivity contribution in [2.45, 2.75) is 40.0 Å². The number of aliphatic hydroxyl groups is 1. The van der Waals surface area contributed by atoms with E-state index in [2.05, 4.69) is 20.8 Å². The summed E-state index contributed by atoms with van der Waals surface area (Å²) < 4.78 is 0. The molecular formula is C13H25NO. The Morgan fingerprint density at radius 1 is 1.40 bits per heavy atom. The maximum atomic E-state index is 9.42. The zero-order chi connectivity index (χ0) is 11.3. The maximum absolute atomic E-state index is 9.42. The summed E-state index contributed by atoms with van der Waals surface area (Å²) >= 11 is 0. The fourth-order valence-electron chi connectivity index (χ4n) is 4.34. The summed E-state index contributed by atoms with van der Waals surface area (Å²) in [6.07, 6.45) is 3.99. The van der Waals surface area contributed by atoms with Crippen LogP contribution >= 0.6 is 0 Å². The third-order valence-electron chi connectivity index (χ3n) is 5.97. The van der Waals surface area contributed by atoms with Crippen LogP contribution in [0.1, 0.15) is 40.0 Å². The summed E-state index contributed by atoms with van der Waals surface area (Å²) in [5, 5.41) is 9.42. The summed E-state index contributed by atoms with van der Waals surface area (Å²) in [6, 6.07) is 0. The predicted molar refractivity (Wildman–Crippen MR) is 62.3 cm³/mol. The summed E-state index contributed by atoms with van der Waals surface area (Å²) in [7, 11) is 0. The van der Waals surface area contributed by atoms with Crippen LogP contribution in [0, 0.1) is 28.6 Å². The van der Waals surface area contributed by atoms with E-state index in [9.17, 15) is 5.11 Å². The molecule has 2 aliphatic rings. The Labute approximate surface area is 93.2 Å². The standard InChI is InChI=1S/C13H25NO/c1-12(2)10-4-5-13(12,3)11(6-10)9(7-14)8-15/h9-11,15H,4-8,14H2,1-3H3/t9-,10+,11+,13-/m0/s1. The molecule has 2 fully saturated rings. The second-order valence-corrected chi connectivity index (χ2v) is 6.40. The molecule has 0 amide bonds. The van der Waals surface area contributed by atoms with Gasteiger partial charge in [0.2, 0.25) is 0 Å². The van der Waals surface area contributed by atoms with Gasteiger partial charge in [-0.25, -0.2) is 0 Å². The van der Waals surface area contributed by atoms with Crippen LogP contribution in [0.2, 0.25) is 0 Å². The van der Waals surface area contributed by atoms with E-state index in [1.807, 2.05) is 0 Å². The SMILES string of the molecule is CC1(C)[C@@H]2CC[C@@]1(C)[C@@H]([C@@H](CN)CO)C2. The van der Waals surface area contributed by atoms with Gasteiger partial charge in [-0.1, -0.05) is 20.8 Å². The van der Waals surface area contributed by atoms with Gasteiger partial charge in [0.25, 0.3) is 0 Å². The van der Waals surface area contributed by atoms with Crippen LogP contribution in [-0.4, -0.2) is 18.3 Å². The molecule has 0 aromatic carbocycles. The first-order valence-corrected chi connectivity index (χ1v) is 6.28. The quantitative estimate of drug-likeness (QED) is 0.750. The Morgan fingerprint density at radius 2 is 2.07 bits per heavy atom. The fourth-order valence-corrected chi connectivity index (χ4v) is 4.34. The van der Waals surface area contributed by atoms with Crippen LogP contribution < -0.4 is 5.73 Å². The second-order valence-electron chi connectivity index (χ2n) is 6.40. The van der Waals surface area contributed by atoms with E-state index in [-0.39, 0.29) is 6.61 Å². The minimum Gasteiger partial charge on any atom is -0.396 e. The lowest BCUT2D eigenvalue weighted by atomic mass is 9.63. The van der Waals surface area contributed by atoms with Gasteiger partial charge in [0.05, 0.1) is 0 Å². The van der Waals surface area contributed by atoms with Gasteiger partial charge in [0, 0.05) is 6.61 Å². The minimum absolute atomic E-state index is 0.263. The summed E-state index contributed by atoms with van der Waals surface area (Å²) in [4.78, 5) is 0. The molecule has 0 saturated heterocycles. The molecule has 2 bridgehead atoms. The molecule has 0 unspecified atom stereocenters. The van der Waals surface area contributed by atoms with E-state index in [1.165, 1.54) is 19.3 Å². The molecule has 0 aromatic heterocycles. The van der Waals surface area contributed by atoms with Crippen molar-refractivity contribution in [1.82, 2.24) is 0 Å². The molecule has 2 saturated carbocycles. The summed E-state index contributed by atoms with van der Waals surface area (Å²) in [5.74, 6) is 1.81. The Kier molecular flexibility index (Phi) is 2.63. The average Bonchev–Trinajstić information content (AvgIpc) is 2.52. The first-order valence-electron chi connectivity index (χ1n) is 6.28. The zero-order valence-corrected chi connectivity index (χ0v) is 10.3. The smallest absolute Gasteiger partial charge is 0.0474 e. The van der Waals surface area contributed by atoms with Gasteiger partial charge in [-0.2, -0.15) is 0 Å². The number of aliphatic hydroxyl groups excluding tert-OH is 1. The molecular weight excluding hydrogens is 186 g/mol. The van der Waals surface area contributed by atoms with E-state index < -0.39 is 0 Å². The van der Waals surface area contributed by atoms with Crippen LogP contribution in [0.15, 0.2) is 0 Å². The normalized spacial score (nSPS) is 44.6. The highest BCUT2D eigenvalue weighted by molar-refractivity contribution is 5.11. The molecule has 2 aliphatic carbocycles. The molecule has 0 aliphatic heterocycles. The zero-order valence-electron chi connectivity index (χ0n) is 10.3. The number of hydrogen-bond acceptors (Lipinski definition) is 2. The van der Waals surface area contributed by atoms with Crippen LogP contribution in [0.4, 0.5) is 0 Å². The Hall–Kier alpha value is -0.0800. The van der Waals surface area contributed by atoms with Crippen LogP contribution in [0.3, 0.4) is 0 Å². The average molecular weight is 211 g/mol. The van der Waals surface area contributed by atoms with Gasteiger partial charge < -0.3 is 10.8 Å². The van der Waals surface area contributed by atoms with Gasteiger partial charge in [-0.3, -0.25) is 0 Å². The number of hydrogen-bond donors (Lipinski definition) is 2. The second kappa shape index (κ2) is 3.46. The lowest BCUT2D eigenvalue weighted by Crippen LogP contribution is -2.39. The monoisotopic (exact) mass is 211 g/mol. The highest BCUT2D eigenvalue weighted by Gasteiger charge is 2.62. The lowest BCUT2D eigenvalue weighted by Gasteiger charge is -2.42. The van der Waals surface area contributed by atoms with Gasteiger partial charge in [0.1, 0.15) is 0 Å². The Bertz CT molecular complexity index is 247. The summed E-state index contributed by atoms with van der Waals surface area (Å²) in [6.45, 7) is 8.15. The first-order chi connectivity index (χ1) is 6.97. The fraction of sp³-hybridized carbons (Fsp3) is 1.00. The van der Waals surface area contributed by atoms with Gasteiger partial charge in [-0.05, 0) is 54.4 Å². The highest BCUT2D eigenvalue weighted by atomic mass is 16.3. The van der Waals surface area contributed by atoms with Crippen molar-refractivity contribution in [3.05, 3.63) is 0 Å². The van der Waals surface area contributed by atoms with Crippen molar-refractivity contribution in [3.63, 3.8) is 0 Å². The third-order valence-corrected chi connectivity index (χ3v) is 5.97. The third kappa shape index (κ3) is 1.31. The molecule has 2 rings (SSSR count). The van der Waals surface area contributed by atoms with Crippen molar-refractivity contribution >= 4 is 0 Å². The molecule has 4 atom stereocenters. The van der Waals surface area contributed by atoms with Crippen LogP contribution in [-0.2, 0) is 0 Å². The van der Waals surface area contributed by atoms with Crippen molar-refractivity contribution in [1.29, 1.82) is 0 Å². The molecule has 0 spiro atoms. The number of rotatable bonds is 3. The van der Waals surface area contributed by atoms with Crippen molar-refractivity contribution in [2.75, 3.05) is 13.2 Å². The molecule has 88 valence electrons. The molecule has 0 aromatic rings. The Morgan fingerprint density at radius 3 is 2.40 bits per heavy atom. The van der Waals surface area contributed by atoms with E-state index in [4.69, 9.17) is 5.73 Å². The van der Waals surface area contributed by atoms with E-state index in [0.717, 1.165) is 5.92 Å². The molecule has 2 heteroatoms. The maximum Gasteiger partial charge on any atom is 0.0474 e. The van der Waals surface area contributed by atoms with Gasteiger partial charge in [-0.15, -0.1) is 0 Å². The Balaban J connectivity index is 2.25. The highest BCUT2D eigenvalue weighted by Crippen LogP contribution is 2.69. The molecule has 2 nitrogen and oxygen atoms in total. The first kappa shape index (κ1) is 11.4. The van der Waals surface area contributed by atoms with Gasteiger partial charge in [0.15, 0.2) is 0 Å². The number of fused-ring (bicyclic) bond motifs is 2. The van der Waals surface area contributed by atoms with E-state index in [1.54, 1.807) is 0 Å². The predicted octanol–water partition coefficient (Wildman–Crippen LogP) is 2.02. The van der Waals surface area contributed by atoms with Crippen molar-refractivity contribution in [3.8, 4) is 0 Å². The van der Waals surface area contributed by atoms with Crippen LogP contribution in [0.5, 0.6) is 0 Å². The molecule has 15 heavy (non-hydrogen) atoms. The van der Waals surface area contributed by atoms with E-state index in [0.29, 0.717) is 29.2 Å².